The third kappa shape index (κ3) is 1.45. The molecule has 1 aromatic rings. The van der Waals surface area contributed by atoms with Gasteiger partial charge in [-0.1, -0.05) is 31.2 Å². The van der Waals surface area contributed by atoms with Crippen molar-refractivity contribution in [2.45, 2.75) is 25.2 Å². The van der Waals surface area contributed by atoms with Gasteiger partial charge in [-0.3, -0.25) is 0 Å². The number of aliphatic imine (C=N–C) groups is 1. The third-order valence-electron chi connectivity index (χ3n) is 5.20. The van der Waals surface area contributed by atoms with E-state index in [1.54, 1.807) is 0 Å². The normalized spacial score (nSPS) is 33.3. The highest BCUT2D eigenvalue weighted by Gasteiger charge is 2.93. The lowest BCUT2D eigenvalue weighted by Crippen LogP contribution is -2.41. The zero-order valence-electron chi connectivity index (χ0n) is 13.3. The van der Waals surface area contributed by atoms with Crippen LogP contribution in [0.3, 0.4) is 0 Å². The molecule has 0 aromatic heterocycles. The molecule has 1 aliphatic heterocycles. The summed E-state index contributed by atoms with van der Waals surface area (Å²) < 4.78 is 10.9. The molecule has 0 amide bonds. The molecule has 0 bridgehead atoms. The topological polar surface area (TPSA) is 104 Å². The first-order valence-corrected chi connectivity index (χ1v) is 7.41. The molecular formula is C17H18N4O2. The van der Waals surface area contributed by atoms with Crippen molar-refractivity contribution in [2.24, 2.45) is 21.6 Å². The van der Waals surface area contributed by atoms with E-state index in [0.717, 1.165) is 12.0 Å². The Bertz CT molecular complexity index is 754. The average molecular weight is 310 g/mol. The van der Waals surface area contributed by atoms with E-state index in [-0.39, 0.29) is 5.84 Å². The van der Waals surface area contributed by atoms with E-state index in [1.807, 2.05) is 24.3 Å². The number of ether oxygens (including phenoxy) is 2. The van der Waals surface area contributed by atoms with Crippen LogP contribution in [-0.2, 0) is 15.9 Å². The highest BCUT2D eigenvalue weighted by atomic mass is 16.7. The number of benzene rings is 1. The number of aryl methyl sites for hydroxylation is 1. The predicted molar refractivity (Wildman–Crippen MR) is 83.0 cm³/mol. The first-order valence-electron chi connectivity index (χ1n) is 7.41. The number of hydrogen-bond acceptors (Lipinski definition) is 6. The van der Waals surface area contributed by atoms with Crippen molar-refractivity contribution < 1.29 is 9.47 Å². The van der Waals surface area contributed by atoms with Gasteiger partial charge in [0.15, 0.2) is 5.41 Å². The highest BCUT2D eigenvalue weighted by molar-refractivity contribution is 6.00. The summed E-state index contributed by atoms with van der Waals surface area (Å²) in [6.45, 7) is 2.07. The number of rotatable bonds is 4. The fourth-order valence-corrected chi connectivity index (χ4v) is 3.97. The molecule has 1 fully saturated rings. The van der Waals surface area contributed by atoms with Gasteiger partial charge in [0.1, 0.15) is 11.3 Å². The van der Waals surface area contributed by atoms with Crippen molar-refractivity contribution in [1.82, 2.24) is 0 Å². The van der Waals surface area contributed by atoms with Gasteiger partial charge >= 0.3 is 0 Å². The van der Waals surface area contributed by atoms with Crippen LogP contribution in [0.4, 0.5) is 0 Å². The Kier molecular flexibility index (Phi) is 3.23. The fourth-order valence-electron chi connectivity index (χ4n) is 3.97. The average Bonchev–Trinajstić information content (AvgIpc) is 3.17. The van der Waals surface area contributed by atoms with E-state index in [0.29, 0.717) is 0 Å². The Morgan fingerprint density at radius 2 is 1.78 bits per heavy atom. The molecule has 6 heteroatoms. The summed E-state index contributed by atoms with van der Waals surface area (Å²) in [5.74, 6) is -1.90. The lowest BCUT2D eigenvalue weighted by molar-refractivity contribution is -0.230. The van der Waals surface area contributed by atoms with E-state index < -0.39 is 22.7 Å². The van der Waals surface area contributed by atoms with Crippen molar-refractivity contribution in [2.75, 3.05) is 14.2 Å². The molecule has 3 atom stereocenters. The fraction of sp³-hybridized carbons (Fsp3) is 0.471. The summed E-state index contributed by atoms with van der Waals surface area (Å²) in [6.07, 6.45) is 0.918. The van der Waals surface area contributed by atoms with Crippen LogP contribution in [0.25, 0.3) is 0 Å². The van der Waals surface area contributed by atoms with Crippen molar-refractivity contribution in [3.8, 4) is 12.1 Å². The van der Waals surface area contributed by atoms with E-state index >= 15 is 0 Å². The van der Waals surface area contributed by atoms with Gasteiger partial charge in [0.05, 0.1) is 12.1 Å². The Hall–Kier alpha value is -2.41. The molecule has 2 N–H and O–H groups in total. The van der Waals surface area contributed by atoms with Gasteiger partial charge in [-0.05, 0) is 17.5 Å². The smallest absolute Gasteiger partial charge is 0.292 e. The minimum absolute atomic E-state index is 0.0924. The summed E-state index contributed by atoms with van der Waals surface area (Å²) in [5.41, 5.74) is 5.60. The second-order valence-corrected chi connectivity index (χ2v) is 5.85. The van der Waals surface area contributed by atoms with E-state index in [1.165, 1.54) is 19.8 Å². The van der Waals surface area contributed by atoms with Crippen LogP contribution < -0.4 is 5.73 Å². The van der Waals surface area contributed by atoms with Gasteiger partial charge in [0.2, 0.25) is 0 Å². The number of nitrogens with two attached hydrogens (primary N) is 1. The van der Waals surface area contributed by atoms with Gasteiger partial charge < -0.3 is 15.2 Å². The number of methoxy groups -OCH3 is 2. The monoisotopic (exact) mass is 310 g/mol. The number of amidine groups is 1. The minimum Gasteiger partial charge on any atom is -0.386 e. The molecule has 0 spiro atoms. The second-order valence-electron chi connectivity index (χ2n) is 5.85. The highest BCUT2D eigenvalue weighted by Crippen LogP contribution is 2.81. The standard InChI is InChI=1S/C17H18N4O2/c1-4-11-5-7-12(8-6-11)13-15(9-18)14(20)21-17(22-2,23-3)16(13,15)10-19/h5-8,13H,4H2,1-3H3,(H2,20,21). The maximum atomic E-state index is 9.92. The van der Waals surface area contributed by atoms with E-state index in [4.69, 9.17) is 15.2 Å². The lowest BCUT2D eigenvalue weighted by atomic mass is 9.93. The van der Waals surface area contributed by atoms with Gasteiger partial charge in [-0.2, -0.15) is 10.5 Å². The maximum absolute atomic E-state index is 9.92. The van der Waals surface area contributed by atoms with Gasteiger partial charge in [0, 0.05) is 20.1 Å². The van der Waals surface area contributed by atoms with E-state index in [2.05, 4.69) is 24.1 Å². The van der Waals surface area contributed by atoms with Crippen LogP contribution in [0, 0.1) is 33.5 Å². The Balaban J connectivity index is 2.18. The number of hydrogen-bond donors (Lipinski definition) is 1. The summed E-state index contributed by atoms with van der Waals surface area (Å²) >= 11 is 0. The van der Waals surface area contributed by atoms with Gasteiger partial charge in [0.25, 0.3) is 5.91 Å². The molecule has 0 radical (unpaired) electrons. The van der Waals surface area contributed by atoms with Crippen LogP contribution in [-0.4, -0.2) is 26.0 Å². The molecule has 1 heterocycles. The van der Waals surface area contributed by atoms with Crippen LogP contribution >= 0.6 is 0 Å². The summed E-state index contributed by atoms with van der Waals surface area (Å²) in [6, 6.07) is 12.3. The van der Waals surface area contributed by atoms with Crippen molar-refractivity contribution in [3.05, 3.63) is 35.4 Å². The van der Waals surface area contributed by atoms with Gasteiger partial charge in [-0.15, -0.1) is 0 Å². The van der Waals surface area contributed by atoms with Crippen LogP contribution in [0.1, 0.15) is 24.0 Å². The molecule has 6 nitrogen and oxygen atoms in total. The molecule has 118 valence electrons. The Morgan fingerprint density at radius 1 is 1.17 bits per heavy atom. The Labute approximate surface area is 135 Å². The zero-order chi connectivity index (χ0) is 16.9. The van der Waals surface area contributed by atoms with E-state index in [9.17, 15) is 10.5 Å². The lowest BCUT2D eigenvalue weighted by Gasteiger charge is -2.29. The van der Waals surface area contributed by atoms with Crippen LogP contribution in [0.15, 0.2) is 29.3 Å². The molecule has 1 saturated carbocycles. The van der Waals surface area contributed by atoms with Crippen molar-refractivity contribution >= 4 is 5.84 Å². The first kappa shape index (κ1) is 15.5. The SMILES string of the molecule is CCc1ccc(C2C3(C#N)C(N)=NC(OC)(OC)C23C#N)cc1. The predicted octanol–water partition coefficient (Wildman–Crippen LogP) is 1.68. The molecular weight excluding hydrogens is 292 g/mol. The maximum Gasteiger partial charge on any atom is 0.292 e. The van der Waals surface area contributed by atoms with Crippen LogP contribution in [0.2, 0.25) is 0 Å². The Morgan fingerprint density at radius 3 is 2.22 bits per heavy atom. The second kappa shape index (κ2) is 4.79. The molecule has 3 unspecified atom stereocenters. The number of fused-ring (bicyclic) bond motifs is 1. The minimum atomic E-state index is -1.56. The number of nitrogens with zero attached hydrogens (tertiary/aromatic N) is 3. The molecule has 2 aliphatic rings. The molecule has 1 aliphatic carbocycles. The summed E-state index contributed by atoms with van der Waals surface area (Å²) in [7, 11) is 2.81. The summed E-state index contributed by atoms with van der Waals surface area (Å²) in [4.78, 5) is 4.19. The molecule has 1 aromatic carbocycles. The van der Waals surface area contributed by atoms with Crippen LogP contribution in [0.5, 0.6) is 0 Å². The zero-order valence-corrected chi connectivity index (χ0v) is 13.3. The van der Waals surface area contributed by atoms with Crippen molar-refractivity contribution in [1.29, 1.82) is 10.5 Å². The summed E-state index contributed by atoms with van der Waals surface area (Å²) in [5, 5.41) is 19.7. The molecule has 0 saturated heterocycles. The van der Waals surface area contributed by atoms with Crippen molar-refractivity contribution in [3.63, 3.8) is 0 Å². The quantitative estimate of drug-likeness (QED) is 0.852. The molecule has 3 rings (SSSR count). The molecule has 23 heavy (non-hydrogen) atoms. The largest absolute Gasteiger partial charge is 0.386 e. The van der Waals surface area contributed by atoms with Gasteiger partial charge in [-0.25, -0.2) is 4.99 Å². The third-order valence-corrected chi connectivity index (χ3v) is 5.20. The first-order chi connectivity index (χ1) is 11.0. The number of nitriles is 2.